The van der Waals surface area contributed by atoms with Crippen molar-refractivity contribution in [2.45, 2.75) is 70.9 Å². The van der Waals surface area contributed by atoms with Gasteiger partial charge in [-0.3, -0.25) is 0 Å². The summed E-state index contributed by atoms with van der Waals surface area (Å²) < 4.78 is 0. The molecule has 2 heterocycles. The summed E-state index contributed by atoms with van der Waals surface area (Å²) in [5.41, 5.74) is 13.1. The normalized spacial score (nSPS) is 18.8. The van der Waals surface area contributed by atoms with Gasteiger partial charge in [-0.1, -0.05) is 147 Å². The van der Waals surface area contributed by atoms with E-state index in [9.17, 15) is 10.2 Å². The van der Waals surface area contributed by atoms with Crippen molar-refractivity contribution in [1.29, 1.82) is 0 Å². The predicted octanol–water partition coefficient (Wildman–Crippen LogP) is 13.4. The molecule has 4 nitrogen and oxygen atoms in total. The molecule has 0 radical (unpaired) electrons. The van der Waals surface area contributed by atoms with Gasteiger partial charge in [0.15, 0.2) is 0 Å². The van der Waals surface area contributed by atoms with Gasteiger partial charge in [0, 0.05) is 58.6 Å². The van der Waals surface area contributed by atoms with Crippen molar-refractivity contribution in [2.24, 2.45) is 0 Å². The van der Waals surface area contributed by atoms with E-state index in [1.165, 1.54) is 22.5 Å². The zero-order chi connectivity index (χ0) is 39.5. The van der Waals surface area contributed by atoms with E-state index in [2.05, 4.69) is 159 Å². The molecule has 57 heavy (non-hydrogen) atoms. The molecule has 0 fully saturated rings. The van der Waals surface area contributed by atoms with Crippen LogP contribution in [0.25, 0.3) is 22.3 Å². The summed E-state index contributed by atoms with van der Waals surface area (Å²) in [7, 11) is 0. The minimum atomic E-state index is -0.0499. The van der Waals surface area contributed by atoms with Gasteiger partial charge in [0.05, 0.1) is 12.1 Å². The Kier molecular flexibility index (Phi) is 11.0. The second kappa shape index (κ2) is 16.6. The number of para-hydroxylation sites is 2. The van der Waals surface area contributed by atoms with Crippen LogP contribution in [0.1, 0.15) is 90.4 Å². The molecule has 2 N–H and O–H groups in total. The van der Waals surface area contributed by atoms with Crippen LogP contribution in [0.2, 0.25) is 0 Å². The Morgan fingerprint density at radius 3 is 1.56 bits per heavy atom. The second-order valence-electron chi connectivity index (χ2n) is 15.8. The number of aryl methyl sites for hydroxylation is 2. The van der Waals surface area contributed by atoms with Crippen LogP contribution in [0.5, 0.6) is 11.5 Å². The highest BCUT2D eigenvalue weighted by Gasteiger charge is 2.41. The van der Waals surface area contributed by atoms with Crippen molar-refractivity contribution in [3.63, 3.8) is 0 Å². The minimum Gasteiger partial charge on any atom is -0.507 e. The molecule has 0 saturated heterocycles. The maximum absolute atomic E-state index is 12.0. The molecule has 0 aromatic heterocycles. The average molecular weight is 751 g/mol. The van der Waals surface area contributed by atoms with E-state index < -0.39 is 0 Å². The molecule has 2 aliphatic heterocycles. The van der Waals surface area contributed by atoms with E-state index >= 15 is 0 Å². The summed E-state index contributed by atoms with van der Waals surface area (Å²) in [6.07, 6.45) is 11.9. The van der Waals surface area contributed by atoms with Gasteiger partial charge in [-0.25, -0.2) is 0 Å². The Balaban J connectivity index is 1.14. The molecule has 4 atom stereocenters. The van der Waals surface area contributed by atoms with Gasteiger partial charge < -0.3 is 20.0 Å². The van der Waals surface area contributed by atoms with E-state index in [-0.39, 0.29) is 23.9 Å². The van der Waals surface area contributed by atoms with Crippen molar-refractivity contribution in [2.75, 3.05) is 22.9 Å². The molecule has 6 aromatic rings. The van der Waals surface area contributed by atoms with Crippen molar-refractivity contribution in [1.82, 2.24) is 0 Å². The second-order valence-corrected chi connectivity index (χ2v) is 15.8. The third-order valence-corrected chi connectivity index (χ3v) is 11.9. The number of benzene rings is 6. The minimum absolute atomic E-state index is 0.00450. The summed E-state index contributed by atoms with van der Waals surface area (Å²) >= 11 is 0. The monoisotopic (exact) mass is 750 g/mol. The number of aromatic hydroxyl groups is 2. The Hall–Kier alpha value is -6.00. The number of anilines is 2. The fourth-order valence-corrected chi connectivity index (χ4v) is 9.58. The van der Waals surface area contributed by atoms with Crippen LogP contribution in [0, 0.1) is 13.8 Å². The lowest BCUT2D eigenvalue weighted by molar-refractivity contribution is 0.450. The molecule has 288 valence electrons. The van der Waals surface area contributed by atoms with Gasteiger partial charge in [0.2, 0.25) is 0 Å². The first-order valence-corrected chi connectivity index (χ1v) is 20.7. The number of allylic oxidation sites excluding steroid dienone is 3. The molecular weight excluding hydrogens is 697 g/mol. The van der Waals surface area contributed by atoms with Gasteiger partial charge in [-0.2, -0.15) is 0 Å². The fourth-order valence-electron chi connectivity index (χ4n) is 9.58. The van der Waals surface area contributed by atoms with Crippen LogP contribution in [-0.2, 0) is 0 Å². The van der Waals surface area contributed by atoms with Crippen molar-refractivity contribution in [3.8, 4) is 33.8 Å². The summed E-state index contributed by atoms with van der Waals surface area (Å²) in [5, 5.41) is 24.1. The highest BCUT2D eigenvalue weighted by atomic mass is 16.3. The first kappa shape index (κ1) is 37.9. The average Bonchev–Trinajstić information content (AvgIpc) is 3.71. The first-order chi connectivity index (χ1) is 27.9. The third-order valence-electron chi connectivity index (χ3n) is 11.9. The van der Waals surface area contributed by atoms with Crippen LogP contribution in [0.15, 0.2) is 158 Å². The Bertz CT molecular complexity index is 2400. The van der Waals surface area contributed by atoms with E-state index in [1.807, 2.05) is 36.4 Å². The van der Waals surface area contributed by atoms with E-state index in [1.54, 1.807) is 0 Å². The summed E-state index contributed by atoms with van der Waals surface area (Å²) in [5.74, 6) is 0.942. The summed E-state index contributed by atoms with van der Waals surface area (Å²) in [4.78, 5) is 5.02. The summed E-state index contributed by atoms with van der Waals surface area (Å²) in [6, 6.07) is 46.6. The van der Waals surface area contributed by atoms with Crippen molar-refractivity contribution >= 4 is 11.4 Å². The number of phenolic OH excluding ortho intramolecular Hbond substituents is 2. The molecular formula is C53H54N2O2. The smallest absolute Gasteiger partial charge is 0.128 e. The number of nitrogens with zero attached hydrogens (tertiary/aromatic N) is 2. The molecule has 4 heteroatoms. The third kappa shape index (κ3) is 7.26. The molecule has 0 aliphatic carbocycles. The van der Waals surface area contributed by atoms with E-state index in [4.69, 9.17) is 0 Å². The van der Waals surface area contributed by atoms with Crippen LogP contribution >= 0.6 is 0 Å². The first-order valence-electron chi connectivity index (χ1n) is 20.7. The highest BCUT2D eigenvalue weighted by Crippen LogP contribution is 2.55. The Morgan fingerprint density at radius 2 is 1.00 bits per heavy atom. The van der Waals surface area contributed by atoms with E-state index in [0.717, 1.165) is 76.9 Å². The van der Waals surface area contributed by atoms with Gasteiger partial charge in [0.1, 0.15) is 11.5 Å². The quantitative estimate of drug-likeness (QED) is 0.122. The standard InChI is InChI=1S/C53H54N2O2/c1-5-30-54-48-28-18-16-24-40(48)42(50(54)46-34-36(3)32-44(52(46)56)38-20-10-7-11-21-38)26-14-9-15-27-43-41-25-17-19-29-49(41)55(31-6-2)51(43)47-35-37(4)33-45(53(47)57)39-22-12-8-13-23-39/h7-26,28-29,32-35,42-43,50-51,56-57H,5-6,27,30-31H2,1-4H3/b15-9-,26-14+. The van der Waals surface area contributed by atoms with Crippen LogP contribution in [-0.4, -0.2) is 23.3 Å². The number of hydrogen-bond donors (Lipinski definition) is 2. The zero-order valence-electron chi connectivity index (χ0n) is 33.6. The fraction of sp³-hybridized carbons (Fsp3) is 0.245. The maximum Gasteiger partial charge on any atom is 0.128 e. The van der Waals surface area contributed by atoms with Crippen molar-refractivity contribution < 1.29 is 10.2 Å². The largest absolute Gasteiger partial charge is 0.507 e. The summed E-state index contributed by atoms with van der Waals surface area (Å²) in [6.45, 7) is 10.5. The lowest BCUT2D eigenvalue weighted by atomic mass is 9.84. The number of fused-ring (bicyclic) bond motifs is 2. The topological polar surface area (TPSA) is 46.9 Å². The number of rotatable bonds is 12. The van der Waals surface area contributed by atoms with E-state index in [0.29, 0.717) is 11.5 Å². The Morgan fingerprint density at radius 1 is 0.526 bits per heavy atom. The Labute approximate surface area is 339 Å². The molecule has 6 aromatic carbocycles. The van der Waals surface area contributed by atoms with Gasteiger partial charge in [-0.05, 0) is 90.8 Å². The molecule has 0 amide bonds. The number of hydrogen-bond acceptors (Lipinski definition) is 4. The van der Waals surface area contributed by atoms with Crippen molar-refractivity contribution in [3.05, 3.63) is 191 Å². The molecule has 4 unspecified atom stereocenters. The van der Waals surface area contributed by atoms with Gasteiger partial charge in [-0.15, -0.1) is 0 Å². The maximum atomic E-state index is 12.0. The lowest BCUT2D eigenvalue weighted by Gasteiger charge is -2.32. The molecule has 0 bridgehead atoms. The molecule has 2 aliphatic rings. The number of phenols is 2. The van der Waals surface area contributed by atoms with Crippen LogP contribution < -0.4 is 9.80 Å². The molecule has 8 rings (SSSR count). The lowest BCUT2D eigenvalue weighted by Crippen LogP contribution is -2.28. The zero-order valence-corrected chi connectivity index (χ0v) is 33.6. The van der Waals surface area contributed by atoms with Gasteiger partial charge in [0.25, 0.3) is 0 Å². The highest BCUT2D eigenvalue weighted by molar-refractivity contribution is 5.76. The SMILES string of the molecule is CCCN1c2ccccc2C(/C=C/C=C\CC2c3ccccc3N(CCC)C2c2cc(C)cc(-c3ccccc3)c2O)C1c1cc(C)cc(-c2ccccc2)c1O. The predicted molar refractivity (Wildman–Crippen MR) is 239 cm³/mol. The van der Waals surface area contributed by atoms with Crippen LogP contribution in [0.4, 0.5) is 11.4 Å². The molecule has 0 saturated carbocycles. The van der Waals surface area contributed by atoms with Gasteiger partial charge >= 0.3 is 0 Å². The molecule has 0 spiro atoms. The van der Waals surface area contributed by atoms with Crippen LogP contribution in [0.3, 0.4) is 0 Å².